The van der Waals surface area contributed by atoms with E-state index in [1.807, 2.05) is 19.1 Å². The van der Waals surface area contributed by atoms with Crippen molar-refractivity contribution in [3.05, 3.63) is 64.7 Å². The molecule has 0 N–H and O–H groups in total. The van der Waals surface area contributed by atoms with Gasteiger partial charge in [0.2, 0.25) is 15.9 Å². The zero-order valence-electron chi connectivity index (χ0n) is 18.7. The minimum atomic E-state index is -3.78. The number of sulfonamides is 1. The SMILES string of the molecule is Cc1ccc(S(=O)(=O)N2CCC[C@H]2C(=O)N(Cc2ccc(Cl)cc2)[C@@H]2CC[C@H](C#N)C2)cc1. The summed E-state index contributed by atoms with van der Waals surface area (Å²) in [7, 11) is -3.78. The maximum Gasteiger partial charge on any atom is 0.243 e. The Morgan fingerprint density at radius 2 is 1.82 bits per heavy atom. The molecule has 1 aliphatic heterocycles. The summed E-state index contributed by atoms with van der Waals surface area (Å²) in [6, 6.07) is 15.6. The van der Waals surface area contributed by atoms with Gasteiger partial charge in [-0.25, -0.2) is 8.42 Å². The molecule has 6 nitrogen and oxygen atoms in total. The summed E-state index contributed by atoms with van der Waals surface area (Å²) >= 11 is 6.03. The summed E-state index contributed by atoms with van der Waals surface area (Å²) in [5.74, 6) is -0.256. The monoisotopic (exact) mass is 485 g/mol. The second-order valence-electron chi connectivity index (χ2n) is 8.97. The van der Waals surface area contributed by atoms with Crippen LogP contribution in [0.15, 0.2) is 53.4 Å². The number of nitrogens with zero attached hydrogens (tertiary/aromatic N) is 3. The van der Waals surface area contributed by atoms with Crippen molar-refractivity contribution in [2.45, 2.75) is 62.6 Å². The van der Waals surface area contributed by atoms with Gasteiger partial charge in [0.15, 0.2) is 0 Å². The number of halogens is 1. The number of carbonyl (C=O) groups is 1. The van der Waals surface area contributed by atoms with Crippen molar-refractivity contribution in [1.29, 1.82) is 5.26 Å². The fourth-order valence-electron chi connectivity index (χ4n) is 4.84. The van der Waals surface area contributed by atoms with Crippen LogP contribution in [0.4, 0.5) is 0 Å². The average molecular weight is 486 g/mol. The fourth-order valence-corrected chi connectivity index (χ4v) is 6.62. The van der Waals surface area contributed by atoms with Gasteiger partial charge in [-0.3, -0.25) is 4.79 Å². The topological polar surface area (TPSA) is 81.5 Å². The minimum Gasteiger partial charge on any atom is -0.334 e. The molecule has 0 radical (unpaired) electrons. The number of carbonyl (C=O) groups excluding carboxylic acids is 1. The molecule has 0 aromatic heterocycles. The first-order valence-corrected chi connectivity index (χ1v) is 13.1. The van der Waals surface area contributed by atoms with Crippen LogP contribution in [-0.4, -0.2) is 42.2 Å². The highest BCUT2D eigenvalue weighted by Crippen LogP contribution is 2.33. The van der Waals surface area contributed by atoms with E-state index in [0.717, 1.165) is 24.0 Å². The summed E-state index contributed by atoms with van der Waals surface area (Å²) in [6.07, 6.45) is 3.25. The zero-order chi connectivity index (χ0) is 23.6. The number of nitriles is 1. The predicted octanol–water partition coefficient (Wildman–Crippen LogP) is 4.52. The molecular formula is C25H28ClN3O3S. The Morgan fingerprint density at radius 3 is 2.45 bits per heavy atom. The first kappa shape index (κ1) is 23.7. The first-order valence-electron chi connectivity index (χ1n) is 11.3. The van der Waals surface area contributed by atoms with Crippen LogP contribution in [0, 0.1) is 24.2 Å². The average Bonchev–Trinajstić information content (AvgIpc) is 3.49. The maximum atomic E-state index is 13.9. The molecule has 4 rings (SSSR count). The summed E-state index contributed by atoms with van der Waals surface area (Å²) in [5.41, 5.74) is 1.91. The highest BCUT2D eigenvalue weighted by molar-refractivity contribution is 7.89. The lowest BCUT2D eigenvalue weighted by molar-refractivity contribution is -0.137. The Bertz CT molecular complexity index is 1140. The quantitative estimate of drug-likeness (QED) is 0.602. The van der Waals surface area contributed by atoms with Gasteiger partial charge in [0.25, 0.3) is 0 Å². The molecule has 0 unspecified atom stereocenters. The van der Waals surface area contributed by atoms with Crippen molar-refractivity contribution < 1.29 is 13.2 Å². The van der Waals surface area contributed by atoms with E-state index in [4.69, 9.17) is 11.6 Å². The molecule has 2 fully saturated rings. The van der Waals surface area contributed by atoms with Gasteiger partial charge in [0.05, 0.1) is 11.0 Å². The fraction of sp³-hybridized carbons (Fsp3) is 0.440. The van der Waals surface area contributed by atoms with E-state index in [0.29, 0.717) is 37.4 Å². The van der Waals surface area contributed by atoms with Crippen molar-refractivity contribution in [3.8, 4) is 6.07 Å². The van der Waals surface area contributed by atoms with Gasteiger partial charge in [-0.1, -0.05) is 41.4 Å². The second-order valence-corrected chi connectivity index (χ2v) is 11.3. The van der Waals surface area contributed by atoms with Gasteiger partial charge < -0.3 is 4.90 Å². The second kappa shape index (κ2) is 9.84. The molecule has 1 aliphatic carbocycles. The summed E-state index contributed by atoms with van der Waals surface area (Å²) in [6.45, 7) is 2.60. The molecule has 1 saturated carbocycles. The largest absolute Gasteiger partial charge is 0.334 e. The van der Waals surface area contributed by atoms with E-state index in [1.54, 1.807) is 41.3 Å². The summed E-state index contributed by atoms with van der Waals surface area (Å²) < 4.78 is 28.2. The number of rotatable bonds is 6. The molecule has 1 saturated heterocycles. The summed E-state index contributed by atoms with van der Waals surface area (Å²) in [4.78, 5) is 15.9. The number of aryl methyl sites for hydroxylation is 1. The Morgan fingerprint density at radius 1 is 1.12 bits per heavy atom. The normalized spacial score (nSPS) is 23.4. The van der Waals surface area contributed by atoms with Gasteiger partial charge in [0, 0.05) is 30.1 Å². The number of amides is 1. The molecule has 2 aromatic carbocycles. The lowest BCUT2D eigenvalue weighted by Crippen LogP contribution is -2.50. The molecular weight excluding hydrogens is 458 g/mol. The maximum absolute atomic E-state index is 13.9. The minimum absolute atomic E-state index is 0.0773. The molecule has 33 heavy (non-hydrogen) atoms. The molecule has 174 valence electrons. The molecule has 2 aromatic rings. The van der Waals surface area contributed by atoms with Crippen LogP contribution in [0.25, 0.3) is 0 Å². The van der Waals surface area contributed by atoms with Gasteiger partial charge in [-0.15, -0.1) is 0 Å². The number of hydrogen-bond acceptors (Lipinski definition) is 4. The Hall–Kier alpha value is -2.40. The Balaban J connectivity index is 1.62. The number of hydrogen-bond donors (Lipinski definition) is 0. The lowest BCUT2D eigenvalue weighted by atomic mass is 10.1. The molecule has 1 amide bonds. The standard InChI is InChI=1S/C25H28ClN3O3S/c1-18-4-12-23(13-5-18)33(31,32)29-14-2-3-24(29)25(30)28(22-11-8-20(15-22)16-27)17-19-6-9-21(26)10-7-19/h4-7,9-10,12-13,20,22,24H,2-3,8,11,14-15,17H2,1H3/t20-,22+,24-/m0/s1. The van der Waals surface area contributed by atoms with Gasteiger partial charge >= 0.3 is 0 Å². The van der Waals surface area contributed by atoms with Gasteiger partial charge in [-0.2, -0.15) is 9.57 Å². The van der Waals surface area contributed by atoms with E-state index in [2.05, 4.69) is 6.07 Å². The summed E-state index contributed by atoms with van der Waals surface area (Å²) in [5, 5.41) is 9.99. The van der Waals surface area contributed by atoms with Crippen LogP contribution in [0.5, 0.6) is 0 Å². The van der Waals surface area contributed by atoms with Gasteiger partial charge in [0.1, 0.15) is 6.04 Å². The van der Waals surface area contributed by atoms with Crippen LogP contribution >= 0.6 is 11.6 Å². The van der Waals surface area contributed by atoms with E-state index < -0.39 is 16.1 Å². The van der Waals surface area contributed by atoms with Gasteiger partial charge in [-0.05, 0) is 68.9 Å². The van der Waals surface area contributed by atoms with E-state index >= 15 is 0 Å². The van der Waals surface area contributed by atoms with Crippen molar-refractivity contribution >= 4 is 27.5 Å². The van der Waals surface area contributed by atoms with Crippen molar-refractivity contribution in [2.75, 3.05) is 6.54 Å². The predicted molar refractivity (Wildman–Crippen MR) is 127 cm³/mol. The third-order valence-corrected chi connectivity index (χ3v) is 8.87. The zero-order valence-corrected chi connectivity index (χ0v) is 20.2. The van der Waals surface area contributed by atoms with Crippen LogP contribution < -0.4 is 0 Å². The van der Waals surface area contributed by atoms with Crippen molar-refractivity contribution in [3.63, 3.8) is 0 Å². The van der Waals surface area contributed by atoms with Crippen molar-refractivity contribution in [2.24, 2.45) is 5.92 Å². The Labute approximate surface area is 200 Å². The lowest BCUT2D eigenvalue weighted by Gasteiger charge is -2.34. The first-order chi connectivity index (χ1) is 15.8. The number of benzene rings is 2. The molecule has 8 heteroatoms. The van der Waals surface area contributed by atoms with Crippen LogP contribution in [0.2, 0.25) is 5.02 Å². The smallest absolute Gasteiger partial charge is 0.243 e. The highest BCUT2D eigenvalue weighted by Gasteiger charge is 2.43. The van der Waals surface area contributed by atoms with Crippen LogP contribution in [-0.2, 0) is 21.4 Å². The highest BCUT2D eigenvalue weighted by atomic mass is 35.5. The van der Waals surface area contributed by atoms with E-state index in [-0.39, 0.29) is 22.8 Å². The molecule has 0 bridgehead atoms. The third kappa shape index (κ3) is 5.08. The Kier molecular flexibility index (Phi) is 7.08. The molecule has 2 aliphatic rings. The van der Waals surface area contributed by atoms with E-state index in [9.17, 15) is 18.5 Å². The van der Waals surface area contributed by atoms with Crippen LogP contribution in [0.3, 0.4) is 0 Å². The third-order valence-electron chi connectivity index (χ3n) is 6.69. The molecule has 3 atom stereocenters. The molecule has 1 heterocycles. The van der Waals surface area contributed by atoms with Crippen molar-refractivity contribution in [1.82, 2.24) is 9.21 Å². The van der Waals surface area contributed by atoms with Crippen LogP contribution in [0.1, 0.15) is 43.2 Å². The van der Waals surface area contributed by atoms with E-state index in [1.165, 1.54) is 4.31 Å². The molecule has 0 spiro atoms.